The summed E-state index contributed by atoms with van der Waals surface area (Å²) in [6.07, 6.45) is 0.00984. The number of nitrogens with one attached hydrogen (secondary N) is 2. The van der Waals surface area contributed by atoms with E-state index in [1.54, 1.807) is 55.5 Å². The first kappa shape index (κ1) is 26.0. The summed E-state index contributed by atoms with van der Waals surface area (Å²) in [7, 11) is -3.90. The first-order valence-corrected chi connectivity index (χ1v) is 13.2. The van der Waals surface area contributed by atoms with Gasteiger partial charge in [-0.2, -0.15) is 0 Å². The first-order valence-electron chi connectivity index (χ1n) is 11.0. The van der Waals surface area contributed by atoms with Gasteiger partial charge in [0, 0.05) is 40.3 Å². The number of Topliss-reactive ketones (excluding diaryl/α,β-unsaturated/α-hetero) is 1. The third-order valence-corrected chi connectivity index (χ3v) is 7.31. The van der Waals surface area contributed by atoms with Gasteiger partial charge in [-0.05, 0) is 48.9 Å². The Kier molecular flexibility index (Phi) is 7.69. The van der Waals surface area contributed by atoms with Crippen molar-refractivity contribution in [2.45, 2.75) is 24.3 Å². The van der Waals surface area contributed by atoms with Crippen molar-refractivity contribution < 1.29 is 22.7 Å². The number of hydrogen-bond donors (Lipinski definition) is 2. The zero-order chi connectivity index (χ0) is 26.6. The van der Waals surface area contributed by atoms with Crippen molar-refractivity contribution in [1.29, 1.82) is 0 Å². The number of sulfonamides is 1. The molecule has 4 rings (SSSR count). The van der Waals surface area contributed by atoms with E-state index in [0.29, 0.717) is 22.6 Å². The molecule has 0 radical (unpaired) electrons. The molecule has 0 fully saturated rings. The molecule has 0 aliphatic heterocycles. The minimum absolute atomic E-state index is 0.00320. The van der Waals surface area contributed by atoms with Gasteiger partial charge in [0.05, 0.1) is 15.9 Å². The fraction of sp³-hybridized carbons (Fsp3) is 0.120. The standard InChI is InChI=1S/C25H21BrN4O6S/c1-16-13-25(28-36-16)29-37(34,35)22-11-9-20(10-12-22)27-23(18-3-2-4-21(14-18)30(32)33)15-24(31)17-5-7-19(26)8-6-17/h2-14,23,27H,15H2,1H3,(H,28,29). The van der Waals surface area contributed by atoms with E-state index in [-0.39, 0.29) is 28.6 Å². The second kappa shape index (κ2) is 10.9. The van der Waals surface area contributed by atoms with Crippen molar-refractivity contribution in [2.75, 3.05) is 10.0 Å². The normalized spacial score (nSPS) is 12.1. The molecule has 3 aromatic carbocycles. The minimum atomic E-state index is -3.90. The molecule has 37 heavy (non-hydrogen) atoms. The third-order valence-electron chi connectivity index (χ3n) is 5.41. The van der Waals surface area contributed by atoms with Gasteiger partial charge >= 0.3 is 0 Å². The largest absolute Gasteiger partial charge is 0.378 e. The predicted molar refractivity (Wildman–Crippen MR) is 141 cm³/mol. The quantitative estimate of drug-likeness (QED) is 0.133. The van der Waals surface area contributed by atoms with Crippen LogP contribution >= 0.6 is 15.9 Å². The lowest BCUT2D eigenvalue weighted by Gasteiger charge is -2.20. The maximum Gasteiger partial charge on any atom is 0.269 e. The van der Waals surface area contributed by atoms with Crippen molar-refractivity contribution >= 4 is 48.9 Å². The highest BCUT2D eigenvalue weighted by molar-refractivity contribution is 9.10. The zero-order valence-electron chi connectivity index (χ0n) is 19.4. The molecule has 0 aliphatic rings. The van der Waals surface area contributed by atoms with Crippen LogP contribution in [0.25, 0.3) is 0 Å². The number of nitro groups is 1. The molecule has 1 aromatic heterocycles. The number of anilines is 2. The zero-order valence-corrected chi connectivity index (χ0v) is 21.8. The Hall–Kier alpha value is -4.03. The highest BCUT2D eigenvalue weighted by Crippen LogP contribution is 2.28. The number of nitro benzene ring substituents is 1. The number of carbonyl (C=O) groups is 1. The molecule has 1 unspecified atom stereocenters. The Morgan fingerprint density at radius 3 is 2.41 bits per heavy atom. The summed E-state index contributed by atoms with van der Waals surface area (Å²) in [6, 6.07) is 19.7. The monoisotopic (exact) mass is 584 g/mol. The lowest BCUT2D eigenvalue weighted by Crippen LogP contribution is -2.16. The van der Waals surface area contributed by atoms with Gasteiger partial charge in [0.15, 0.2) is 11.6 Å². The summed E-state index contributed by atoms with van der Waals surface area (Å²) in [6.45, 7) is 1.64. The molecule has 0 spiro atoms. The number of aryl methyl sites for hydroxylation is 1. The maximum atomic E-state index is 13.0. The molecule has 1 atom stereocenters. The minimum Gasteiger partial charge on any atom is -0.378 e. The SMILES string of the molecule is Cc1cc(NS(=O)(=O)c2ccc(NC(CC(=O)c3ccc(Br)cc3)c3cccc([N+](=O)[O-])c3)cc2)no1. The summed E-state index contributed by atoms with van der Waals surface area (Å²) in [5.74, 6) is 0.363. The summed E-state index contributed by atoms with van der Waals surface area (Å²) in [5.41, 5.74) is 1.46. The van der Waals surface area contributed by atoms with Crippen LogP contribution in [-0.2, 0) is 10.0 Å². The average Bonchev–Trinajstić information content (AvgIpc) is 3.28. The van der Waals surface area contributed by atoms with Crippen LogP contribution in [0.3, 0.4) is 0 Å². The number of halogens is 1. The summed E-state index contributed by atoms with van der Waals surface area (Å²) in [5, 5.41) is 18.2. The molecule has 4 aromatic rings. The van der Waals surface area contributed by atoms with Gasteiger partial charge in [0.25, 0.3) is 15.7 Å². The molecular weight excluding hydrogens is 564 g/mol. The van der Waals surface area contributed by atoms with Crippen LogP contribution in [0.4, 0.5) is 17.2 Å². The van der Waals surface area contributed by atoms with Crippen molar-refractivity contribution in [3.8, 4) is 0 Å². The predicted octanol–water partition coefficient (Wildman–Crippen LogP) is 5.88. The molecule has 0 amide bonds. The van der Waals surface area contributed by atoms with Crippen LogP contribution in [0.15, 0.2) is 92.8 Å². The van der Waals surface area contributed by atoms with Crippen LogP contribution in [0.2, 0.25) is 0 Å². The smallest absolute Gasteiger partial charge is 0.269 e. The van der Waals surface area contributed by atoms with Gasteiger partial charge in [-0.15, -0.1) is 0 Å². The molecule has 190 valence electrons. The highest BCUT2D eigenvalue weighted by Gasteiger charge is 2.21. The van der Waals surface area contributed by atoms with E-state index in [9.17, 15) is 23.3 Å². The summed E-state index contributed by atoms with van der Waals surface area (Å²) in [4.78, 5) is 23.8. The van der Waals surface area contributed by atoms with Gasteiger partial charge in [-0.25, -0.2) is 8.42 Å². The number of ketones is 1. The Bertz CT molecular complexity index is 1540. The molecule has 1 heterocycles. The van der Waals surface area contributed by atoms with E-state index >= 15 is 0 Å². The van der Waals surface area contributed by atoms with Gasteiger partial charge in [0.2, 0.25) is 0 Å². The Labute approximate surface area is 221 Å². The number of rotatable bonds is 10. The lowest BCUT2D eigenvalue weighted by atomic mass is 9.97. The van der Waals surface area contributed by atoms with Gasteiger partial charge in [-0.3, -0.25) is 19.6 Å². The molecular formula is C25H21BrN4O6S. The van der Waals surface area contributed by atoms with Crippen LogP contribution in [0, 0.1) is 17.0 Å². The Morgan fingerprint density at radius 1 is 1.08 bits per heavy atom. The Balaban J connectivity index is 1.58. The van der Waals surface area contributed by atoms with E-state index in [4.69, 9.17) is 4.52 Å². The number of aromatic nitrogens is 1. The van der Waals surface area contributed by atoms with E-state index in [2.05, 4.69) is 31.1 Å². The molecule has 2 N–H and O–H groups in total. The molecule has 10 nitrogen and oxygen atoms in total. The van der Waals surface area contributed by atoms with E-state index in [1.807, 2.05) is 0 Å². The van der Waals surface area contributed by atoms with Gasteiger partial charge in [0.1, 0.15) is 5.76 Å². The first-order chi connectivity index (χ1) is 17.6. The van der Waals surface area contributed by atoms with Crippen LogP contribution in [-0.4, -0.2) is 24.3 Å². The van der Waals surface area contributed by atoms with Gasteiger partial charge in [-0.1, -0.05) is 45.4 Å². The summed E-state index contributed by atoms with van der Waals surface area (Å²) >= 11 is 3.34. The fourth-order valence-corrected chi connectivity index (χ4v) is 4.84. The maximum absolute atomic E-state index is 13.0. The third kappa shape index (κ3) is 6.60. The van der Waals surface area contributed by atoms with Crippen LogP contribution in [0.5, 0.6) is 0 Å². The number of carbonyl (C=O) groups excluding carboxylic acids is 1. The van der Waals surface area contributed by atoms with Crippen molar-refractivity contribution in [2.24, 2.45) is 0 Å². The fourth-order valence-electron chi connectivity index (χ4n) is 3.59. The number of hydrogen-bond acceptors (Lipinski definition) is 8. The molecule has 0 saturated carbocycles. The van der Waals surface area contributed by atoms with E-state index in [1.165, 1.54) is 30.3 Å². The van der Waals surface area contributed by atoms with E-state index in [0.717, 1.165) is 4.47 Å². The van der Waals surface area contributed by atoms with Crippen molar-refractivity contribution in [1.82, 2.24) is 5.16 Å². The van der Waals surface area contributed by atoms with Crippen LogP contribution < -0.4 is 10.0 Å². The van der Waals surface area contributed by atoms with Crippen molar-refractivity contribution in [3.63, 3.8) is 0 Å². The topological polar surface area (TPSA) is 144 Å². The second-order valence-electron chi connectivity index (χ2n) is 8.14. The summed E-state index contributed by atoms with van der Waals surface area (Å²) < 4.78 is 33.4. The lowest BCUT2D eigenvalue weighted by molar-refractivity contribution is -0.384. The average molecular weight is 585 g/mol. The van der Waals surface area contributed by atoms with Crippen molar-refractivity contribution in [3.05, 3.63) is 110 Å². The number of benzene rings is 3. The molecule has 0 saturated heterocycles. The number of nitrogens with zero attached hydrogens (tertiary/aromatic N) is 2. The molecule has 12 heteroatoms. The van der Waals surface area contributed by atoms with E-state index < -0.39 is 21.0 Å². The highest BCUT2D eigenvalue weighted by atomic mass is 79.9. The molecule has 0 aliphatic carbocycles. The Morgan fingerprint density at radius 2 is 1.78 bits per heavy atom. The van der Waals surface area contributed by atoms with Gasteiger partial charge < -0.3 is 9.84 Å². The molecule has 0 bridgehead atoms. The van der Waals surface area contributed by atoms with Crippen LogP contribution in [0.1, 0.15) is 34.1 Å². The number of non-ortho nitro benzene ring substituents is 1. The second-order valence-corrected chi connectivity index (χ2v) is 10.7.